The number of benzene rings is 2. The van der Waals surface area contributed by atoms with Crippen LogP contribution in [0.5, 0.6) is 0 Å². The third-order valence-electron chi connectivity index (χ3n) is 4.32. The Morgan fingerprint density at radius 3 is 2.07 bits per heavy atom. The van der Waals surface area contributed by atoms with Gasteiger partial charge in [0.15, 0.2) is 0 Å². The molecule has 0 saturated heterocycles. The third-order valence-corrected chi connectivity index (χ3v) is 6.36. The van der Waals surface area contributed by atoms with E-state index in [0.717, 1.165) is 5.56 Å². The molecule has 0 atom stereocenters. The molecule has 0 saturated carbocycles. The van der Waals surface area contributed by atoms with Crippen LogP contribution in [0.4, 0.5) is 5.69 Å². The van der Waals surface area contributed by atoms with Crippen molar-refractivity contribution in [2.24, 2.45) is 0 Å². The number of sulfonamides is 1. The molecule has 0 heterocycles. The van der Waals surface area contributed by atoms with E-state index in [-0.39, 0.29) is 22.9 Å². The van der Waals surface area contributed by atoms with E-state index in [9.17, 15) is 13.2 Å². The lowest BCUT2D eigenvalue weighted by molar-refractivity contribution is 0.0657. The number of hydrogen-bond acceptors (Lipinski definition) is 4. The number of rotatable bonds is 8. The lowest BCUT2D eigenvalue weighted by Crippen LogP contribution is -2.33. The minimum absolute atomic E-state index is 0.140. The smallest absolute Gasteiger partial charge is 0.255 e. The number of hydrogen-bond donors (Lipinski definition) is 1. The molecule has 0 spiro atoms. The normalized spacial score (nSPS) is 12.0. The van der Waals surface area contributed by atoms with E-state index in [0.29, 0.717) is 17.9 Å². The second kappa shape index (κ2) is 9.32. The zero-order chi connectivity index (χ0) is 20.9. The maximum atomic E-state index is 12.5. The zero-order valence-corrected chi connectivity index (χ0v) is 17.8. The Morgan fingerprint density at radius 1 is 1.00 bits per heavy atom. The van der Waals surface area contributed by atoms with Crippen molar-refractivity contribution >= 4 is 21.6 Å². The van der Waals surface area contributed by atoms with Gasteiger partial charge in [-0.1, -0.05) is 12.1 Å². The molecule has 0 aliphatic heterocycles. The first kappa shape index (κ1) is 22.1. The fourth-order valence-electron chi connectivity index (χ4n) is 2.37. The van der Waals surface area contributed by atoms with Gasteiger partial charge in [0.25, 0.3) is 5.91 Å². The molecule has 2 aromatic carbocycles. The van der Waals surface area contributed by atoms with Crippen molar-refractivity contribution in [3.63, 3.8) is 0 Å². The van der Waals surface area contributed by atoms with Gasteiger partial charge in [0.05, 0.1) is 17.6 Å². The van der Waals surface area contributed by atoms with E-state index >= 15 is 0 Å². The summed E-state index contributed by atoms with van der Waals surface area (Å²) in [6, 6.07) is 13.2. The summed E-state index contributed by atoms with van der Waals surface area (Å²) in [4.78, 5) is 12.6. The van der Waals surface area contributed by atoms with Crippen LogP contribution in [0.25, 0.3) is 0 Å². The number of amides is 1. The Morgan fingerprint density at radius 2 is 1.57 bits per heavy atom. The molecule has 152 valence electrons. The number of nitrogens with zero attached hydrogens (tertiary/aromatic N) is 1. The summed E-state index contributed by atoms with van der Waals surface area (Å²) in [5, 5.41) is 2.78. The van der Waals surface area contributed by atoms with Crippen molar-refractivity contribution in [2.45, 2.75) is 51.3 Å². The van der Waals surface area contributed by atoms with Gasteiger partial charge in [-0.3, -0.25) is 4.79 Å². The first-order valence-corrected chi connectivity index (χ1v) is 10.6. The highest BCUT2D eigenvalue weighted by molar-refractivity contribution is 7.89. The van der Waals surface area contributed by atoms with Gasteiger partial charge in [-0.05, 0) is 69.7 Å². The van der Waals surface area contributed by atoms with Crippen LogP contribution in [0.1, 0.15) is 43.6 Å². The van der Waals surface area contributed by atoms with Crippen LogP contribution in [0, 0.1) is 0 Å². The van der Waals surface area contributed by atoms with Crippen LogP contribution >= 0.6 is 0 Å². The Hall–Kier alpha value is -2.22. The lowest BCUT2D eigenvalue weighted by Gasteiger charge is -2.21. The standard InChI is InChI=1S/C21H28N2O4S/c1-15(2)23(5)28(25,26)20-12-10-19(11-13-20)22-21(24)18-8-6-17(7-9-18)14-27-16(3)4/h6-13,15-16H,14H2,1-5H3,(H,22,24). The van der Waals surface area contributed by atoms with Crippen molar-refractivity contribution in [1.29, 1.82) is 0 Å². The monoisotopic (exact) mass is 404 g/mol. The van der Waals surface area contributed by atoms with Gasteiger partial charge >= 0.3 is 0 Å². The molecule has 1 N–H and O–H groups in total. The van der Waals surface area contributed by atoms with Gasteiger partial charge in [0.1, 0.15) is 0 Å². The Balaban J connectivity index is 2.05. The first-order valence-electron chi connectivity index (χ1n) is 9.21. The zero-order valence-electron chi connectivity index (χ0n) is 17.0. The van der Waals surface area contributed by atoms with Crippen LogP contribution in [0.3, 0.4) is 0 Å². The van der Waals surface area contributed by atoms with E-state index in [1.165, 1.54) is 16.4 Å². The lowest BCUT2D eigenvalue weighted by atomic mass is 10.1. The average Bonchev–Trinajstić information content (AvgIpc) is 2.66. The third kappa shape index (κ3) is 5.64. The maximum absolute atomic E-state index is 12.5. The predicted octanol–water partition coefficient (Wildman–Crippen LogP) is 3.89. The summed E-state index contributed by atoms with van der Waals surface area (Å²) in [6.07, 6.45) is 0.148. The molecule has 6 nitrogen and oxygen atoms in total. The van der Waals surface area contributed by atoms with Crippen molar-refractivity contribution in [2.75, 3.05) is 12.4 Å². The molecular weight excluding hydrogens is 376 g/mol. The van der Waals surface area contributed by atoms with Gasteiger partial charge in [-0.25, -0.2) is 8.42 Å². The summed E-state index contributed by atoms with van der Waals surface area (Å²) in [5.74, 6) is -0.258. The fraction of sp³-hybridized carbons (Fsp3) is 0.381. The van der Waals surface area contributed by atoms with Crippen LogP contribution in [-0.4, -0.2) is 37.8 Å². The number of nitrogens with one attached hydrogen (secondary N) is 1. The molecule has 0 aliphatic carbocycles. The van der Waals surface area contributed by atoms with Gasteiger partial charge in [0.2, 0.25) is 10.0 Å². The van der Waals surface area contributed by atoms with Crippen LogP contribution in [0.2, 0.25) is 0 Å². The maximum Gasteiger partial charge on any atom is 0.255 e. The minimum atomic E-state index is -3.54. The van der Waals surface area contributed by atoms with E-state index in [1.54, 1.807) is 31.3 Å². The van der Waals surface area contributed by atoms with Gasteiger partial charge in [-0.15, -0.1) is 0 Å². The molecule has 0 radical (unpaired) electrons. The predicted molar refractivity (Wildman–Crippen MR) is 111 cm³/mol. The molecular formula is C21H28N2O4S. The largest absolute Gasteiger partial charge is 0.374 e. The molecule has 7 heteroatoms. The Bertz CT molecular complexity index is 889. The molecule has 1 amide bonds. The Labute approximate surface area is 167 Å². The number of carbonyl (C=O) groups excluding carboxylic acids is 1. The minimum Gasteiger partial charge on any atom is -0.374 e. The molecule has 0 aliphatic rings. The molecule has 0 fully saturated rings. The summed E-state index contributed by atoms with van der Waals surface area (Å²) in [7, 11) is -2.00. The first-order chi connectivity index (χ1) is 13.1. The van der Waals surface area contributed by atoms with Crippen LogP contribution in [-0.2, 0) is 21.4 Å². The second-order valence-electron chi connectivity index (χ2n) is 7.15. The van der Waals surface area contributed by atoms with Crippen molar-refractivity contribution in [3.05, 3.63) is 59.7 Å². The highest BCUT2D eigenvalue weighted by atomic mass is 32.2. The Kier molecular flexibility index (Phi) is 7.35. The van der Waals surface area contributed by atoms with Crippen molar-refractivity contribution < 1.29 is 17.9 Å². The highest BCUT2D eigenvalue weighted by Gasteiger charge is 2.22. The van der Waals surface area contributed by atoms with Gasteiger partial charge in [0, 0.05) is 24.3 Å². The molecule has 28 heavy (non-hydrogen) atoms. The van der Waals surface area contributed by atoms with Crippen LogP contribution < -0.4 is 5.32 Å². The summed E-state index contributed by atoms with van der Waals surface area (Å²) < 4.78 is 31.8. The van der Waals surface area contributed by atoms with Crippen molar-refractivity contribution in [3.8, 4) is 0 Å². The average molecular weight is 405 g/mol. The van der Waals surface area contributed by atoms with E-state index in [1.807, 2.05) is 39.8 Å². The molecule has 0 aromatic heterocycles. The SMILES string of the molecule is CC(C)OCc1ccc(C(=O)Nc2ccc(S(=O)(=O)N(C)C(C)C)cc2)cc1. The van der Waals surface area contributed by atoms with E-state index in [2.05, 4.69) is 5.32 Å². The summed E-state index contributed by atoms with van der Waals surface area (Å²) in [5.41, 5.74) is 2.04. The van der Waals surface area contributed by atoms with E-state index in [4.69, 9.17) is 4.74 Å². The topological polar surface area (TPSA) is 75.7 Å². The summed E-state index contributed by atoms with van der Waals surface area (Å²) in [6.45, 7) is 8.07. The van der Waals surface area contributed by atoms with Gasteiger partial charge in [-0.2, -0.15) is 4.31 Å². The summed E-state index contributed by atoms with van der Waals surface area (Å²) >= 11 is 0. The molecule has 0 bridgehead atoms. The number of carbonyl (C=O) groups is 1. The highest BCUT2D eigenvalue weighted by Crippen LogP contribution is 2.19. The van der Waals surface area contributed by atoms with Crippen LogP contribution in [0.15, 0.2) is 53.4 Å². The van der Waals surface area contributed by atoms with E-state index < -0.39 is 10.0 Å². The fourth-order valence-corrected chi connectivity index (χ4v) is 3.74. The quantitative estimate of drug-likeness (QED) is 0.724. The number of ether oxygens (including phenoxy) is 1. The second-order valence-corrected chi connectivity index (χ2v) is 9.15. The molecule has 2 rings (SSSR count). The van der Waals surface area contributed by atoms with Crippen molar-refractivity contribution in [1.82, 2.24) is 4.31 Å². The molecule has 2 aromatic rings. The number of anilines is 1. The molecule has 0 unspecified atom stereocenters. The van der Waals surface area contributed by atoms with Gasteiger partial charge < -0.3 is 10.1 Å².